The maximum absolute atomic E-state index is 13.2. The van der Waals surface area contributed by atoms with Gasteiger partial charge in [-0.25, -0.2) is 9.97 Å². The maximum Gasteiger partial charge on any atom is 0.247 e. The molecule has 1 amide bonds. The van der Waals surface area contributed by atoms with Gasteiger partial charge in [-0.3, -0.25) is 4.79 Å². The first-order chi connectivity index (χ1) is 16.1. The lowest BCUT2D eigenvalue weighted by Crippen LogP contribution is -2.43. The molecule has 33 heavy (non-hydrogen) atoms. The van der Waals surface area contributed by atoms with E-state index in [-0.39, 0.29) is 5.91 Å². The molecule has 1 aliphatic rings. The summed E-state index contributed by atoms with van der Waals surface area (Å²) in [5, 5.41) is 15.3. The van der Waals surface area contributed by atoms with E-state index in [1.807, 2.05) is 54.2 Å². The van der Waals surface area contributed by atoms with Crippen LogP contribution in [-0.2, 0) is 18.3 Å². The summed E-state index contributed by atoms with van der Waals surface area (Å²) in [6.45, 7) is 0.626. The van der Waals surface area contributed by atoms with Crippen LogP contribution in [0.1, 0.15) is 24.0 Å². The first-order valence-electron chi connectivity index (χ1n) is 11.0. The summed E-state index contributed by atoms with van der Waals surface area (Å²) in [6.07, 6.45) is 14.3. The number of nitrogens with zero attached hydrogens (tertiary/aromatic N) is 4. The van der Waals surface area contributed by atoms with Crippen molar-refractivity contribution in [2.24, 2.45) is 7.05 Å². The highest BCUT2D eigenvalue weighted by atomic mass is 16.2. The Kier molecular flexibility index (Phi) is 7.08. The fourth-order valence-electron chi connectivity index (χ4n) is 3.70. The largest absolute Gasteiger partial charge is 0.340 e. The summed E-state index contributed by atoms with van der Waals surface area (Å²) < 4.78 is 1.88. The van der Waals surface area contributed by atoms with Gasteiger partial charge in [0.15, 0.2) is 0 Å². The van der Waals surface area contributed by atoms with E-state index in [4.69, 9.17) is 5.26 Å². The summed E-state index contributed by atoms with van der Waals surface area (Å²) in [6, 6.07) is 12.9. The minimum atomic E-state index is -0.475. The predicted octanol–water partition coefficient (Wildman–Crippen LogP) is 3.77. The molecule has 1 aromatic carbocycles. The summed E-state index contributed by atoms with van der Waals surface area (Å²) in [5.74, 6) is 0.352. The number of anilines is 1. The summed E-state index contributed by atoms with van der Waals surface area (Å²) in [7, 11) is 1.92. The third kappa shape index (κ3) is 5.82. The van der Waals surface area contributed by atoms with Gasteiger partial charge in [0.1, 0.15) is 11.9 Å². The summed E-state index contributed by atoms with van der Waals surface area (Å²) in [4.78, 5) is 21.9. The van der Waals surface area contributed by atoms with E-state index < -0.39 is 6.04 Å². The molecule has 7 nitrogen and oxygen atoms in total. The Balaban J connectivity index is 1.41. The Morgan fingerprint density at radius 2 is 2.03 bits per heavy atom. The van der Waals surface area contributed by atoms with Gasteiger partial charge in [-0.05, 0) is 54.7 Å². The van der Waals surface area contributed by atoms with Crippen molar-refractivity contribution in [1.29, 1.82) is 5.26 Å². The summed E-state index contributed by atoms with van der Waals surface area (Å²) in [5.41, 5.74) is 4.44. The number of hydrogen-bond donors (Lipinski definition) is 2. The van der Waals surface area contributed by atoms with E-state index in [1.54, 1.807) is 18.6 Å². The molecule has 7 heteroatoms. The van der Waals surface area contributed by atoms with E-state index in [2.05, 4.69) is 38.8 Å². The van der Waals surface area contributed by atoms with Crippen molar-refractivity contribution in [3.8, 4) is 17.3 Å². The number of amides is 1. The Morgan fingerprint density at radius 1 is 1.18 bits per heavy atom. The highest BCUT2D eigenvalue weighted by Gasteiger charge is 2.22. The van der Waals surface area contributed by atoms with Crippen molar-refractivity contribution >= 4 is 11.7 Å². The number of aromatic nitrogens is 3. The molecule has 2 aromatic heterocycles. The lowest BCUT2D eigenvalue weighted by molar-refractivity contribution is -0.117. The van der Waals surface area contributed by atoms with E-state index >= 15 is 0 Å². The van der Waals surface area contributed by atoms with E-state index in [1.165, 1.54) is 0 Å². The number of aryl methyl sites for hydroxylation is 1. The molecule has 1 unspecified atom stereocenters. The maximum atomic E-state index is 13.2. The number of hydrogen-bond acceptors (Lipinski definition) is 5. The van der Waals surface area contributed by atoms with Gasteiger partial charge in [0.2, 0.25) is 5.91 Å². The molecule has 0 radical (unpaired) electrons. The van der Waals surface area contributed by atoms with Gasteiger partial charge in [-0.1, -0.05) is 30.4 Å². The molecule has 0 spiro atoms. The fourth-order valence-corrected chi connectivity index (χ4v) is 3.70. The zero-order valence-electron chi connectivity index (χ0n) is 18.5. The van der Waals surface area contributed by atoms with Crippen LogP contribution in [-0.4, -0.2) is 33.0 Å². The first kappa shape index (κ1) is 22.2. The van der Waals surface area contributed by atoms with Crippen LogP contribution in [0.5, 0.6) is 0 Å². The molecule has 4 rings (SSSR count). The molecule has 0 saturated heterocycles. The molecule has 3 aromatic rings. The van der Waals surface area contributed by atoms with Crippen LogP contribution in [0.2, 0.25) is 0 Å². The topological polar surface area (TPSA) is 95.6 Å². The van der Waals surface area contributed by atoms with Crippen molar-refractivity contribution in [2.45, 2.75) is 25.3 Å². The SMILES string of the molecule is Cn1cnc(-c2ccc(NC(=O)C(NCCc3ccc(C#N)cc3)C3=CCCC=C3)nc2)c1. The van der Waals surface area contributed by atoms with Crippen molar-refractivity contribution in [3.05, 3.63) is 90.0 Å². The van der Waals surface area contributed by atoms with Crippen LogP contribution in [0.25, 0.3) is 11.3 Å². The molecule has 0 bridgehead atoms. The number of nitriles is 1. The van der Waals surface area contributed by atoms with Gasteiger partial charge in [-0.2, -0.15) is 5.26 Å². The Hall–Kier alpha value is -4.02. The molecule has 166 valence electrons. The molecule has 1 aliphatic carbocycles. The second-order valence-electron chi connectivity index (χ2n) is 7.98. The molecule has 0 fully saturated rings. The van der Waals surface area contributed by atoms with E-state index in [0.29, 0.717) is 17.9 Å². The fraction of sp³-hybridized carbons (Fsp3) is 0.231. The van der Waals surface area contributed by atoms with Gasteiger partial charge in [0, 0.05) is 31.5 Å². The Bertz CT molecular complexity index is 1200. The number of carbonyl (C=O) groups is 1. The van der Waals surface area contributed by atoms with E-state index in [9.17, 15) is 4.79 Å². The van der Waals surface area contributed by atoms with Crippen LogP contribution < -0.4 is 10.6 Å². The standard InChI is InChI=1S/C26H26N6O/c1-32-17-23(30-18-32)22-11-12-24(29-16-22)31-26(33)25(21-5-3-2-4-6-21)28-14-13-19-7-9-20(15-27)10-8-19/h3,5-12,16-18,25,28H,2,4,13-14H2,1H3,(H,29,31,33). The van der Waals surface area contributed by atoms with Gasteiger partial charge in [0.25, 0.3) is 0 Å². The highest BCUT2D eigenvalue weighted by Crippen LogP contribution is 2.19. The summed E-state index contributed by atoms with van der Waals surface area (Å²) >= 11 is 0. The number of allylic oxidation sites excluding steroid dienone is 2. The Labute approximate surface area is 193 Å². The normalized spacial score (nSPS) is 13.8. The number of nitrogens with one attached hydrogen (secondary N) is 2. The molecule has 0 aliphatic heterocycles. The monoisotopic (exact) mass is 438 g/mol. The average molecular weight is 439 g/mol. The Morgan fingerprint density at radius 3 is 2.67 bits per heavy atom. The highest BCUT2D eigenvalue weighted by molar-refractivity contribution is 5.96. The number of pyridine rings is 1. The lowest BCUT2D eigenvalue weighted by atomic mass is 9.99. The minimum absolute atomic E-state index is 0.147. The quantitative estimate of drug-likeness (QED) is 0.558. The minimum Gasteiger partial charge on any atom is -0.340 e. The second kappa shape index (κ2) is 10.5. The molecule has 1 atom stereocenters. The van der Waals surface area contributed by atoms with Gasteiger partial charge >= 0.3 is 0 Å². The van der Waals surface area contributed by atoms with Crippen molar-refractivity contribution in [2.75, 3.05) is 11.9 Å². The number of carbonyl (C=O) groups excluding carboxylic acids is 1. The second-order valence-corrected chi connectivity index (χ2v) is 7.98. The predicted molar refractivity (Wildman–Crippen MR) is 128 cm³/mol. The van der Waals surface area contributed by atoms with Gasteiger partial charge in [0.05, 0.1) is 23.7 Å². The van der Waals surface area contributed by atoms with Crippen LogP contribution >= 0.6 is 0 Å². The smallest absolute Gasteiger partial charge is 0.247 e. The van der Waals surface area contributed by atoms with Crippen LogP contribution in [0, 0.1) is 11.3 Å². The van der Waals surface area contributed by atoms with Crippen LogP contribution in [0.3, 0.4) is 0 Å². The van der Waals surface area contributed by atoms with Gasteiger partial charge < -0.3 is 15.2 Å². The zero-order chi connectivity index (χ0) is 23.0. The first-order valence-corrected chi connectivity index (χ1v) is 11.0. The molecule has 0 saturated carbocycles. The van der Waals surface area contributed by atoms with Crippen molar-refractivity contribution in [1.82, 2.24) is 19.9 Å². The molecular weight excluding hydrogens is 412 g/mol. The average Bonchev–Trinajstić information content (AvgIpc) is 3.29. The van der Waals surface area contributed by atoms with Crippen LogP contribution in [0.15, 0.2) is 78.9 Å². The van der Waals surface area contributed by atoms with Gasteiger partial charge in [-0.15, -0.1) is 0 Å². The molecule has 2 heterocycles. The van der Waals surface area contributed by atoms with E-state index in [0.717, 1.165) is 41.7 Å². The third-order valence-corrected chi connectivity index (χ3v) is 5.48. The van der Waals surface area contributed by atoms with Crippen molar-refractivity contribution in [3.63, 3.8) is 0 Å². The third-order valence-electron chi connectivity index (χ3n) is 5.48. The lowest BCUT2D eigenvalue weighted by Gasteiger charge is -2.21. The van der Waals surface area contributed by atoms with Crippen LogP contribution in [0.4, 0.5) is 5.82 Å². The number of rotatable bonds is 8. The molecular formula is C26H26N6O. The zero-order valence-corrected chi connectivity index (χ0v) is 18.5. The van der Waals surface area contributed by atoms with Crippen molar-refractivity contribution < 1.29 is 4.79 Å². The molecule has 2 N–H and O–H groups in total. The number of imidazole rings is 1. The number of benzene rings is 1.